The van der Waals surface area contributed by atoms with Crippen molar-refractivity contribution in [1.29, 1.82) is 0 Å². The first-order valence-corrected chi connectivity index (χ1v) is 9.73. The van der Waals surface area contributed by atoms with E-state index < -0.39 is 10.0 Å². The lowest BCUT2D eigenvalue weighted by Crippen LogP contribution is -2.47. The van der Waals surface area contributed by atoms with E-state index in [0.29, 0.717) is 25.7 Å². The third-order valence-corrected chi connectivity index (χ3v) is 5.91. The Balaban J connectivity index is 1.83. The third kappa shape index (κ3) is 4.40. The minimum Gasteiger partial charge on any atom is -0.354 e. The Hall–Kier alpha value is -0.660. The van der Waals surface area contributed by atoms with Crippen molar-refractivity contribution in [2.24, 2.45) is 5.92 Å². The molecule has 0 aromatic rings. The van der Waals surface area contributed by atoms with E-state index in [1.54, 1.807) is 0 Å². The zero-order valence-corrected chi connectivity index (χ0v) is 13.9. The number of carbonyl (C=O) groups excluding carboxylic acids is 1. The summed E-state index contributed by atoms with van der Waals surface area (Å²) in [5, 5.41) is 3.03. The molecular formula is C14H27N3O3S. The first kappa shape index (κ1) is 16.7. The summed E-state index contributed by atoms with van der Waals surface area (Å²) in [6, 6.07) is 0.438. The number of piperidine rings is 1. The second kappa shape index (κ2) is 7.07. The van der Waals surface area contributed by atoms with Gasteiger partial charge in [0.15, 0.2) is 0 Å². The van der Waals surface area contributed by atoms with Crippen LogP contribution in [0.15, 0.2) is 0 Å². The number of nitrogens with one attached hydrogen (secondary N) is 1. The largest absolute Gasteiger partial charge is 0.354 e. The Bertz CT molecular complexity index is 466. The van der Waals surface area contributed by atoms with Crippen molar-refractivity contribution in [2.75, 3.05) is 39.0 Å². The molecule has 0 saturated carbocycles. The summed E-state index contributed by atoms with van der Waals surface area (Å²) in [6.45, 7) is 5.82. The maximum Gasteiger partial charge on any atom is 0.224 e. The van der Waals surface area contributed by atoms with Crippen LogP contribution < -0.4 is 5.32 Å². The Kier molecular flexibility index (Phi) is 5.62. The van der Waals surface area contributed by atoms with Crippen molar-refractivity contribution in [3.05, 3.63) is 0 Å². The summed E-state index contributed by atoms with van der Waals surface area (Å²) in [6.07, 6.45) is 5.08. The van der Waals surface area contributed by atoms with E-state index >= 15 is 0 Å². The van der Waals surface area contributed by atoms with Crippen LogP contribution in [0.3, 0.4) is 0 Å². The minimum absolute atomic E-state index is 0.00584. The average Bonchev–Trinajstić information content (AvgIpc) is 2.91. The fourth-order valence-corrected chi connectivity index (χ4v) is 4.27. The van der Waals surface area contributed by atoms with Gasteiger partial charge in [-0.3, -0.25) is 9.69 Å². The van der Waals surface area contributed by atoms with E-state index in [-0.39, 0.29) is 11.8 Å². The number of carbonyl (C=O) groups is 1. The molecule has 2 atom stereocenters. The highest BCUT2D eigenvalue weighted by Gasteiger charge is 2.31. The SMILES string of the molecule is CCN1CCC[C@H]1CNC(=O)[C@H]1CCCN(S(C)(=O)=O)C1. The number of sulfonamides is 1. The molecule has 6 nitrogen and oxygen atoms in total. The second-order valence-corrected chi connectivity index (χ2v) is 8.11. The van der Waals surface area contributed by atoms with Gasteiger partial charge in [-0.15, -0.1) is 0 Å². The molecule has 2 aliphatic rings. The number of likely N-dealkylation sites (tertiary alicyclic amines) is 1. The normalized spacial score (nSPS) is 28.7. The van der Waals surface area contributed by atoms with Gasteiger partial charge in [0, 0.05) is 25.7 Å². The van der Waals surface area contributed by atoms with Crippen LogP contribution in [0, 0.1) is 5.92 Å². The quantitative estimate of drug-likeness (QED) is 0.789. The Morgan fingerprint density at radius 3 is 2.62 bits per heavy atom. The van der Waals surface area contributed by atoms with Gasteiger partial charge in [0.25, 0.3) is 0 Å². The minimum atomic E-state index is -3.19. The molecule has 2 saturated heterocycles. The zero-order chi connectivity index (χ0) is 15.5. The Labute approximate surface area is 127 Å². The molecule has 21 heavy (non-hydrogen) atoms. The average molecular weight is 317 g/mol. The van der Waals surface area contributed by atoms with E-state index in [0.717, 1.165) is 32.4 Å². The summed E-state index contributed by atoms with van der Waals surface area (Å²) < 4.78 is 24.6. The number of hydrogen-bond donors (Lipinski definition) is 1. The van der Waals surface area contributed by atoms with Crippen molar-refractivity contribution >= 4 is 15.9 Å². The molecule has 2 heterocycles. The van der Waals surface area contributed by atoms with E-state index in [9.17, 15) is 13.2 Å². The van der Waals surface area contributed by atoms with Crippen LogP contribution in [0.4, 0.5) is 0 Å². The van der Waals surface area contributed by atoms with Gasteiger partial charge in [-0.1, -0.05) is 6.92 Å². The third-order valence-electron chi connectivity index (χ3n) is 4.64. The lowest BCUT2D eigenvalue weighted by atomic mass is 9.98. The Morgan fingerprint density at radius 1 is 1.24 bits per heavy atom. The maximum absolute atomic E-state index is 12.3. The molecule has 1 N–H and O–H groups in total. The van der Waals surface area contributed by atoms with Crippen LogP contribution in [-0.2, 0) is 14.8 Å². The molecule has 2 aliphatic heterocycles. The van der Waals surface area contributed by atoms with Gasteiger partial charge in [-0.25, -0.2) is 12.7 Å². The number of amides is 1. The molecule has 2 fully saturated rings. The standard InChI is InChI=1S/C14H27N3O3S/c1-3-16-8-5-7-13(16)10-15-14(18)12-6-4-9-17(11-12)21(2,19)20/h12-13H,3-11H2,1-2H3,(H,15,18)/t12-,13-/m0/s1. The maximum atomic E-state index is 12.3. The summed E-state index contributed by atoms with van der Waals surface area (Å²) in [4.78, 5) is 14.7. The van der Waals surface area contributed by atoms with Gasteiger partial charge in [0.1, 0.15) is 0 Å². The van der Waals surface area contributed by atoms with Gasteiger partial charge < -0.3 is 5.32 Å². The second-order valence-electron chi connectivity index (χ2n) is 6.13. The number of likely N-dealkylation sites (N-methyl/N-ethyl adjacent to an activating group) is 1. The molecule has 122 valence electrons. The van der Waals surface area contributed by atoms with Gasteiger partial charge in [-0.05, 0) is 38.8 Å². The van der Waals surface area contributed by atoms with Crippen LogP contribution in [0.5, 0.6) is 0 Å². The smallest absolute Gasteiger partial charge is 0.224 e. The van der Waals surface area contributed by atoms with Crippen LogP contribution >= 0.6 is 0 Å². The van der Waals surface area contributed by atoms with Crippen molar-refractivity contribution in [3.63, 3.8) is 0 Å². The van der Waals surface area contributed by atoms with Crippen molar-refractivity contribution in [2.45, 2.75) is 38.6 Å². The topological polar surface area (TPSA) is 69.7 Å². The van der Waals surface area contributed by atoms with Gasteiger partial charge in [0.2, 0.25) is 15.9 Å². The molecular weight excluding hydrogens is 290 g/mol. The van der Waals surface area contributed by atoms with Crippen LogP contribution in [0.25, 0.3) is 0 Å². The number of rotatable bonds is 5. The summed E-state index contributed by atoms with van der Waals surface area (Å²) in [7, 11) is -3.19. The predicted octanol–water partition coefficient (Wildman–Crippen LogP) is 0.259. The molecule has 1 amide bonds. The highest BCUT2D eigenvalue weighted by molar-refractivity contribution is 7.88. The lowest BCUT2D eigenvalue weighted by molar-refractivity contribution is -0.126. The van der Waals surface area contributed by atoms with Gasteiger partial charge in [0.05, 0.1) is 12.2 Å². The first-order valence-electron chi connectivity index (χ1n) is 7.88. The number of nitrogens with zero attached hydrogens (tertiary/aromatic N) is 2. The summed E-state index contributed by atoms with van der Waals surface area (Å²) >= 11 is 0. The molecule has 2 rings (SSSR count). The van der Waals surface area contributed by atoms with Gasteiger partial charge in [-0.2, -0.15) is 0 Å². The lowest BCUT2D eigenvalue weighted by Gasteiger charge is -2.31. The number of hydrogen-bond acceptors (Lipinski definition) is 4. The summed E-state index contributed by atoms with van der Waals surface area (Å²) in [5.74, 6) is -0.198. The Morgan fingerprint density at radius 2 is 1.95 bits per heavy atom. The summed E-state index contributed by atoms with van der Waals surface area (Å²) in [5.41, 5.74) is 0. The van der Waals surface area contributed by atoms with E-state index in [4.69, 9.17) is 0 Å². The van der Waals surface area contributed by atoms with Crippen molar-refractivity contribution in [1.82, 2.24) is 14.5 Å². The predicted molar refractivity (Wildman–Crippen MR) is 82.4 cm³/mol. The first-order chi connectivity index (χ1) is 9.91. The van der Waals surface area contributed by atoms with E-state index in [1.165, 1.54) is 17.0 Å². The molecule has 7 heteroatoms. The molecule has 0 unspecified atom stereocenters. The van der Waals surface area contributed by atoms with Crippen molar-refractivity contribution < 1.29 is 13.2 Å². The molecule has 0 spiro atoms. The fraction of sp³-hybridized carbons (Fsp3) is 0.929. The molecule has 0 aromatic carbocycles. The van der Waals surface area contributed by atoms with Crippen LogP contribution in [-0.4, -0.2) is 68.6 Å². The van der Waals surface area contributed by atoms with E-state index in [1.807, 2.05) is 0 Å². The van der Waals surface area contributed by atoms with Crippen molar-refractivity contribution in [3.8, 4) is 0 Å². The van der Waals surface area contributed by atoms with E-state index in [2.05, 4.69) is 17.1 Å². The fourth-order valence-electron chi connectivity index (χ4n) is 3.36. The molecule has 0 aromatic heterocycles. The monoisotopic (exact) mass is 317 g/mol. The molecule has 0 radical (unpaired) electrons. The highest BCUT2D eigenvalue weighted by atomic mass is 32.2. The molecule has 0 bridgehead atoms. The van der Waals surface area contributed by atoms with Gasteiger partial charge >= 0.3 is 0 Å². The zero-order valence-electron chi connectivity index (χ0n) is 13.0. The van der Waals surface area contributed by atoms with Crippen LogP contribution in [0.1, 0.15) is 32.6 Å². The molecule has 0 aliphatic carbocycles. The highest BCUT2D eigenvalue weighted by Crippen LogP contribution is 2.20. The van der Waals surface area contributed by atoms with Crippen LogP contribution in [0.2, 0.25) is 0 Å².